The van der Waals surface area contributed by atoms with Crippen molar-refractivity contribution >= 4 is 39.5 Å². The quantitative estimate of drug-likeness (QED) is 0.623. The molecule has 0 aromatic rings. The molecule has 0 saturated carbocycles. The van der Waals surface area contributed by atoms with Crippen molar-refractivity contribution in [3.05, 3.63) is 23.8 Å². The summed E-state index contributed by atoms with van der Waals surface area (Å²) < 4.78 is 0.325. The Hall–Kier alpha value is 0.165. The van der Waals surface area contributed by atoms with E-state index in [-0.39, 0.29) is 7.69 Å². The molecule has 2 rings (SSSR count). The second-order valence-corrected chi connectivity index (χ2v) is 5.32. The Kier molecular flexibility index (Phi) is 3.77. The fraction of sp³-hybridized carbons (Fsp3) is 0.143. The molecule has 2 nitrogen and oxygen atoms in total. The van der Waals surface area contributed by atoms with Gasteiger partial charge in [-0.25, -0.2) is 0 Å². The highest BCUT2D eigenvalue weighted by Crippen LogP contribution is 2.42. The second-order valence-electron chi connectivity index (χ2n) is 2.26. The Morgan fingerprint density at radius 3 is 1.75 bits per heavy atom. The van der Waals surface area contributed by atoms with E-state index in [1.807, 2.05) is 0 Å². The summed E-state index contributed by atoms with van der Waals surface area (Å²) in [5.74, 6) is 0. The smallest absolute Gasteiger partial charge is 0.429 e. The average Bonchev–Trinajstić information content (AvgIpc) is 2.60. The summed E-state index contributed by atoms with van der Waals surface area (Å²) in [6.45, 7) is 0. The summed E-state index contributed by atoms with van der Waals surface area (Å²) in [4.78, 5) is 0. The van der Waals surface area contributed by atoms with Crippen molar-refractivity contribution in [3.8, 4) is 11.1 Å². The van der Waals surface area contributed by atoms with Crippen molar-refractivity contribution in [1.82, 2.24) is 0 Å². The van der Waals surface area contributed by atoms with Crippen LogP contribution >= 0.6 is 31.9 Å². The molecular formula is C7H6BBr2O2. The summed E-state index contributed by atoms with van der Waals surface area (Å²) in [5.41, 5.74) is 4.12. The SMILES string of the molecule is BrC(Br)c1cc2cc-2c1.O[B]O. The third-order valence-electron chi connectivity index (χ3n) is 1.46. The normalized spacial score (nSPS) is 10.4. The van der Waals surface area contributed by atoms with Crippen molar-refractivity contribution < 1.29 is 10.0 Å². The van der Waals surface area contributed by atoms with Gasteiger partial charge in [0.15, 0.2) is 0 Å². The fourth-order valence-corrected chi connectivity index (χ4v) is 1.44. The first-order chi connectivity index (χ1) is 5.69. The van der Waals surface area contributed by atoms with E-state index in [9.17, 15) is 0 Å². The lowest BCUT2D eigenvalue weighted by molar-refractivity contribution is 0.448. The molecule has 2 aliphatic rings. The van der Waals surface area contributed by atoms with E-state index in [4.69, 9.17) is 10.0 Å². The maximum absolute atomic E-state index is 7.00. The molecular weight excluding hydrogens is 287 g/mol. The standard InChI is InChI=1S/C7H4Br2.BH2O2/c8-7(9)6-2-4-1-5(4)3-6;2-1-3/h1-3,7H;2-3H. The molecule has 0 heterocycles. The van der Waals surface area contributed by atoms with Gasteiger partial charge in [-0.2, -0.15) is 0 Å². The molecule has 0 aliphatic heterocycles. The van der Waals surface area contributed by atoms with Crippen molar-refractivity contribution in [3.63, 3.8) is 0 Å². The molecule has 0 spiro atoms. The summed E-state index contributed by atoms with van der Waals surface area (Å²) in [6, 6.07) is 6.54. The van der Waals surface area contributed by atoms with E-state index >= 15 is 0 Å². The molecule has 0 unspecified atom stereocenters. The maximum atomic E-state index is 7.00. The monoisotopic (exact) mass is 291 g/mol. The van der Waals surface area contributed by atoms with Crippen molar-refractivity contribution in [1.29, 1.82) is 0 Å². The first kappa shape index (κ1) is 10.2. The van der Waals surface area contributed by atoms with Gasteiger partial charge in [0.2, 0.25) is 0 Å². The molecule has 0 amide bonds. The Morgan fingerprint density at radius 2 is 1.50 bits per heavy atom. The van der Waals surface area contributed by atoms with E-state index in [1.54, 1.807) is 0 Å². The molecule has 5 heteroatoms. The van der Waals surface area contributed by atoms with E-state index < -0.39 is 0 Å². The predicted molar refractivity (Wildman–Crippen MR) is 56.2 cm³/mol. The number of hydrogen-bond acceptors (Lipinski definition) is 2. The largest absolute Gasteiger partial charge is 0.482 e. The van der Waals surface area contributed by atoms with Crippen LogP contribution in [-0.4, -0.2) is 17.7 Å². The van der Waals surface area contributed by atoms with Gasteiger partial charge in [-0.15, -0.1) is 0 Å². The zero-order valence-electron chi connectivity index (χ0n) is 6.04. The minimum Gasteiger partial charge on any atom is -0.429 e. The van der Waals surface area contributed by atoms with E-state index in [0.717, 1.165) is 0 Å². The Bertz CT molecular complexity index is 258. The molecule has 0 fully saturated rings. The zero-order valence-corrected chi connectivity index (χ0v) is 9.21. The van der Waals surface area contributed by atoms with Gasteiger partial charge in [0.1, 0.15) is 0 Å². The average molecular weight is 293 g/mol. The lowest BCUT2D eigenvalue weighted by Gasteiger charge is -1.93. The van der Waals surface area contributed by atoms with Gasteiger partial charge >= 0.3 is 7.69 Å². The lowest BCUT2D eigenvalue weighted by atomic mass is 10.4. The van der Waals surface area contributed by atoms with Crippen LogP contribution in [0, 0.1) is 0 Å². The fourth-order valence-electron chi connectivity index (χ4n) is 0.908. The number of benzene rings is 1. The van der Waals surface area contributed by atoms with Gasteiger partial charge in [-0.3, -0.25) is 0 Å². The highest BCUT2D eigenvalue weighted by molar-refractivity contribution is 9.24. The Labute approximate surface area is 88.2 Å². The van der Waals surface area contributed by atoms with Gasteiger partial charge < -0.3 is 10.0 Å². The van der Waals surface area contributed by atoms with Gasteiger partial charge in [-0.1, -0.05) is 31.9 Å². The third kappa shape index (κ3) is 2.59. The first-order valence-corrected chi connectivity index (χ1v) is 5.05. The number of rotatable bonds is 1. The van der Waals surface area contributed by atoms with Crippen LogP contribution in [0.5, 0.6) is 0 Å². The molecule has 0 aromatic carbocycles. The van der Waals surface area contributed by atoms with E-state index in [0.29, 0.717) is 3.74 Å². The van der Waals surface area contributed by atoms with Crippen LogP contribution in [-0.2, 0) is 0 Å². The number of alkyl halides is 2. The number of fused-ring (bicyclic) bond motifs is 1. The summed E-state index contributed by atoms with van der Waals surface area (Å²) >= 11 is 6.85. The third-order valence-corrected chi connectivity index (χ3v) is 2.51. The molecule has 0 atom stereocenters. The summed E-state index contributed by atoms with van der Waals surface area (Å²) in [5, 5.41) is 14.0. The van der Waals surface area contributed by atoms with E-state index in [2.05, 4.69) is 50.1 Å². The molecule has 1 radical (unpaired) electrons. The van der Waals surface area contributed by atoms with Crippen LogP contribution in [0.4, 0.5) is 0 Å². The molecule has 2 N–H and O–H groups in total. The lowest BCUT2D eigenvalue weighted by Crippen LogP contribution is -1.75. The first-order valence-electron chi connectivity index (χ1n) is 3.22. The maximum Gasteiger partial charge on any atom is 0.482 e. The molecule has 12 heavy (non-hydrogen) atoms. The van der Waals surface area contributed by atoms with Crippen LogP contribution in [0.2, 0.25) is 0 Å². The molecule has 0 aromatic heterocycles. The highest BCUT2D eigenvalue weighted by Gasteiger charge is 2.16. The number of halogens is 2. The Balaban J connectivity index is 0.000000213. The highest BCUT2D eigenvalue weighted by atomic mass is 79.9. The van der Waals surface area contributed by atoms with Gasteiger partial charge in [0.25, 0.3) is 0 Å². The minimum absolute atomic E-state index is 0. The Morgan fingerprint density at radius 1 is 1.08 bits per heavy atom. The van der Waals surface area contributed by atoms with Crippen LogP contribution in [0.15, 0.2) is 18.2 Å². The second kappa shape index (κ2) is 4.41. The molecule has 63 valence electrons. The minimum atomic E-state index is 0. The van der Waals surface area contributed by atoms with Crippen LogP contribution in [0.3, 0.4) is 0 Å². The number of hydrogen-bond donors (Lipinski definition) is 2. The van der Waals surface area contributed by atoms with E-state index in [1.165, 1.54) is 16.7 Å². The molecule has 0 saturated heterocycles. The van der Waals surface area contributed by atoms with Crippen molar-refractivity contribution in [2.45, 2.75) is 3.74 Å². The predicted octanol–water partition coefficient (Wildman–Crippen LogP) is 1.96. The van der Waals surface area contributed by atoms with Crippen LogP contribution < -0.4 is 0 Å². The summed E-state index contributed by atoms with van der Waals surface area (Å²) in [6.07, 6.45) is 0. The van der Waals surface area contributed by atoms with Gasteiger partial charge in [0, 0.05) is 0 Å². The molecule has 2 aliphatic carbocycles. The summed E-state index contributed by atoms with van der Waals surface area (Å²) in [7, 11) is 0. The zero-order chi connectivity index (χ0) is 9.14. The van der Waals surface area contributed by atoms with Gasteiger partial charge in [-0.05, 0) is 34.9 Å². The van der Waals surface area contributed by atoms with Gasteiger partial charge in [0.05, 0.1) is 3.74 Å². The van der Waals surface area contributed by atoms with Crippen molar-refractivity contribution in [2.75, 3.05) is 0 Å². The van der Waals surface area contributed by atoms with Crippen LogP contribution in [0.1, 0.15) is 9.30 Å². The van der Waals surface area contributed by atoms with Crippen molar-refractivity contribution in [2.24, 2.45) is 0 Å². The topological polar surface area (TPSA) is 40.5 Å². The van der Waals surface area contributed by atoms with Crippen LogP contribution in [0.25, 0.3) is 11.1 Å². The molecule has 0 bridgehead atoms.